The third-order valence-corrected chi connectivity index (χ3v) is 4.51. The summed E-state index contributed by atoms with van der Waals surface area (Å²) in [6.45, 7) is 3.39. The topological polar surface area (TPSA) is 128 Å². The summed E-state index contributed by atoms with van der Waals surface area (Å²) in [7, 11) is -3.79. The first-order valence-corrected chi connectivity index (χ1v) is 8.46. The number of aromatic nitrogens is 3. The molecule has 0 fully saturated rings. The van der Waals surface area contributed by atoms with Crippen LogP contribution in [0.1, 0.15) is 21.7 Å². The SMILES string of the molecule is Cc1cc(C(=O)O)c2c(C)nn(-c3ccc(S(N)(=O)=O)cc3)c2n1. The number of hydrogen-bond donors (Lipinski definition) is 2. The summed E-state index contributed by atoms with van der Waals surface area (Å²) >= 11 is 0. The Morgan fingerprint density at radius 3 is 2.38 bits per heavy atom. The van der Waals surface area contributed by atoms with Gasteiger partial charge in [-0.15, -0.1) is 0 Å². The molecule has 2 heterocycles. The molecule has 24 heavy (non-hydrogen) atoms. The van der Waals surface area contributed by atoms with Crippen LogP contribution in [0.2, 0.25) is 0 Å². The van der Waals surface area contributed by atoms with Gasteiger partial charge in [0, 0.05) is 5.69 Å². The standard InChI is InChI=1S/C15H14N4O4S/c1-8-7-12(15(20)21)13-9(2)18-19(14(13)17-8)10-3-5-11(6-4-10)24(16,22)23/h3-7H,1-2H3,(H,20,21)(H2,16,22,23). The van der Waals surface area contributed by atoms with Crippen molar-refractivity contribution in [3.05, 3.63) is 47.3 Å². The Morgan fingerprint density at radius 1 is 1.21 bits per heavy atom. The molecule has 0 spiro atoms. The van der Waals surface area contributed by atoms with Crippen molar-refractivity contribution in [3.63, 3.8) is 0 Å². The molecule has 1 aromatic carbocycles. The fourth-order valence-electron chi connectivity index (χ4n) is 2.54. The van der Waals surface area contributed by atoms with Crippen LogP contribution in [0.5, 0.6) is 0 Å². The lowest BCUT2D eigenvalue weighted by atomic mass is 10.1. The van der Waals surface area contributed by atoms with Crippen LogP contribution in [0.15, 0.2) is 35.2 Å². The zero-order chi connectivity index (χ0) is 17.6. The molecule has 0 bridgehead atoms. The molecule has 0 amide bonds. The first-order valence-electron chi connectivity index (χ1n) is 6.92. The Morgan fingerprint density at radius 2 is 1.83 bits per heavy atom. The van der Waals surface area contributed by atoms with Crippen molar-refractivity contribution < 1.29 is 18.3 Å². The van der Waals surface area contributed by atoms with Crippen LogP contribution in [0.25, 0.3) is 16.7 Å². The van der Waals surface area contributed by atoms with E-state index in [1.807, 2.05) is 0 Å². The van der Waals surface area contributed by atoms with Crippen molar-refractivity contribution in [3.8, 4) is 5.69 Å². The smallest absolute Gasteiger partial charge is 0.336 e. The van der Waals surface area contributed by atoms with Gasteiger partial charge in [0.2, 0.25) is 10.0 Å². The number of aromatic carboxylic acids is 1. The number of hydrogen-bond acceptors (Lipinski definition) is 5. The van der Waals surface area contributed by atoms with E-state index in [9.17, 15) is 18.3 Å². The van der Waals surface area contributed by atoms with Crippen molar-refractivity contribution in [2.24, 2.45) is 5.14 Å². The highest BCUT2D eigenvalue weighted by molar-refractivity contribution is 7.89. The molecular formula is C15H14N4O4S. The minimum absolute atomic E-state index is 0.0187. The van der Waals surface area contributed by atoms with E-state index in [-0.39, 0.29) is 10.5 Å². The average Bonchev–Trinajstić information content (AvgIpc) is 2.82. The van der Waals surface area contributed by atoms with Crippen molar-refractivity contribution in [2.45, 2.75) is 18.7 Å². The summed E-state index contributed by atoms with van der Waals surface area (Å²) in [5.41, 5.74) is 2.14. The number of benzene rings is 1. The summed E-state index contributed by atoms with van der Waals surface area (Å²) in [6, 6.07) is 7.29. The normalized spacial score (nSPS) is 11.8. The summed E-state index contributed by atoms with van der Waals surface area (Å²) in [4.78, 5) is 15.8. The molecule has 0 aliphatic carbocycles. The van der Waals surface area contributed by atoms with Gasteiger partial charge in [-0.2, -0.15) is 5.10 Å². The highest BCUT2D eigenvalue weighted by Gasteiger charge is 2.19. The van der Waals surface area contributed by atoms with Gasteiger partial charge in [0.1, 0.15) is 0 Å². The molecule has 9 heteroatoms. The third kappa shape index (κ3) is 2.63. The van der Waals surface area contributed by atoms with Crippen LogP contribution in [0.3, 0.4) is 0 Å². The number of carbonyl (C=O) groups is 1. The molecule has 3 aromatic rings. The maximum absolute atomic E-state index is 11.5. The number of carboxylic acids is 1. The molecule has 124 valence electrons. The van der Waals surface area contributed by atoms with E-state index in [2.05, 4.69) is 10.1 Å². The Labute approximate surface area is 137 Å². The van der Waals surface area contributed by atoms with Gasteiger partial charge >= 0.3 is 5.97 Å². The predicted octanol–water partition coefficient (Wildman–Crippen LogP) is 1.38. The highest BCUT2D eigenvalue weighted by Crippen LogP contribution is 2.25. The maximum Gasteiger partial charge on any atom is 0.336 e. The zero-order valence-electron chi connectivity index (χ0n) is 12.9. The van der Waals surface area contributed by atoms with Crippen LogP contribution in [0.4, 0.5) is 0 Å². The first kappa shape index (κ1) is 16.1. The van der Waals surface area contributed by atoms with Crippen molar-refractivity contribution in [1.82, 2.24) is 14.8 Å². The number of fused-ring (bicyclic) bond motifs is 1. The minimum Gasteiger partial charge on any atom is -0.478 e. The van der Waals surface area contributed by atoms with Gasteiger partial charge in [-0.25, -0.2) is 28.0 Å². The number of sulfonamides is 1. The molecule has 0 atom stereocenters. The van der Waals surface area contributed by atoms with Crippen molar-refractivity contribution in [2.75, 3.05) is 0 Å². The number of rotatable bonds is 3. The number of pyridine rings is 1. The second-order valence-corrected chi connectivity index (χ2v) is 6.91. The number of nitrogens with two attached hydrogens (primary N) is 1. The van der Waals surface area contributed by atoms with Crippen LogP contribution in [-0.2, 0) is 10.0 Å². The lowest BCUT2D eigenvalue weighted by Crippen LogP contribution is -2.12. The zero-order valence-corrected chi connectivity index (χ0v) is 13.7. The van der Waals surface area contributed by atoms with Crippen LogP contribution < -0.4 is 5.14 Å². The van der Waals surface area contributed by atoms with Crippen molar-refractivity contribution >= 4 is 27.0 Å². The summed E-state index contributed by atoms with van der Waals surface area (Å²) in [6.07, 6.45) is 0. The van der Waals surface area contributed by atoms with Gasteiger partial charge in [0.25, 0.3) is 0 Å². The Kier molecular flexibility index (Phi) is 3.61. The van der Waals surface area contributed by atoms with Crippen molar-refractivity contribution in [1.29, 1.82) is 0 Å². The Bertz CT molecular complexity index is 1070. The molecule has 0 aliphatic rings. The Hall–Kier alpha value is -2.78. The van der Waals surface area contributed by atoms with Crippen LogP contribution in [-0.4, -0.2) is 34.3 Å². The fraction of sp³-hybridized carbons (Fsp3) is 0.133. The van der Waals surface area contributed by atoms with Gasteiger partial charge < -0.3 is 5.11 Å². The van der Waals surface area contributed by atoms with E-state index in [1.54, 1.807) is 13.8 Å². The van der Waals surface area contributed by atoms with Crippen LogP contribution >= 0.6 is 0 Å². The second kappa shape index (κ2) is 5.39. The van der Waals surface area contributed by atoms with Gasteiger partial charge in [0.15, 0.2) is 5.65 Å². The molecular weight excluding hydrogens is 332 g/mol. The maximum atomic E-state index is 11.5. The number of nitrogens with zero attached hydrogens (tertiary/aromatic N) is 3. The summed E-state index contributed by atoms with van der Waals surface area (Å²) in [5.74, 6) is -1.06. The molecule has 0 saturated carbocycles. The number of carboxylic acid groups (broad SMARTS) is 1. The van der Waals surface area contributed by atoms with E-state index >= 15 is 0 Å². The lowest BCUT2D eigenvalue weighted by molar-refractivity contribution is 0.0698. The van der Waals surface area contributed by atoms with E-state index in [4.69, 9.17) is 5.14 Å². The molecule has 0 radical (unpaired) electrons. The Balaban J connectivity index is 2.26. The van der Waals surface area contributed by atoms with E-state index in [0.717, 1.165) is 0 Å². The van der Waals surface area contributed by atoms with Gasteiger partial charge in [-0.05, 0) is 44.2 Å². The number of primary sulfonamides is 1. The molecule has 2 aromatic heterocycles. The molecule has 0 saturated heterocycles. The lowest BCUT2D eigenvalue weighted by Gasteiger charge is -2.05. The van der Waals surface area contributed by atoms with E-state index in [1.165, 1.54) is 35.0 Å². The molecule has 8 nitrogen and oxygen atoms in total. The molecule has 3 rings (SSSR count). The predicted molar refractivity (Wildman–Crippen MR) is 86.7 cm³/mol. The number of aryl methyl sites for hydroxylation is 2. The third-order valence-electron chi connectivity index (χ3n) is 3.58. The fourth-order valence-corrected chi connectivity index (χ4v) is 3.06. The summed E-state index contributed by atoms with van der Waals surface area (Å²) < 4.78 is 24.2. The van der Waals surface area contributed by atoms with Crippen LogP contribution in [0, 0.1) is 13.8 Å². The molecule has 3 N–H and O–H groups in total. The monoisotopic (exact) mass is 346 g/mol. The first-order chi connectivity index (χ1) is 11.2. The van der Waals surface area contributed by atoms with Gasteiger partial charge in [0.05, 0.1) is 27.2 Å². The molecule has 0 aliphatic heterocycles. The highest BCUT2D eigenvalue weighted by atomic mass is 32.2. The van der Waals surface area contributed by atoms with Gasteiger partial charge in [-0.1, -0.05) is 0 Å². The molecule has 0 unspecified atom stereocenters. The van der Waals surface area contributed by atoms with E-state index in [0.29, 0.717) is 28.1 Å². The van der Waals surface area contributed by atoms with Gasteiger partial charge in [-0.3, -0.25) is 0 Å². The average molecular weight is 346 g/mol. The second-order valence-electron chi connectivity index (χ2n) is 5.35. The summed E-state index contributed by atoms with van der Waals surface area (Å²) in [5, 5.41) is 19.3. The quantitative estimate of drug-likeness (QED) is 0.737. The minimum atomic E-state index is -3.79. The van der Waals surface area contributed by atoms with E-state index < -0.39 is 16.0 Å². The largest absolute Gasteiger partial charge is 0.478 e.